The van der Waals surface area contributed by atoms with E-state index in [0.29, 0.717) is 23.1 Å². The number of aromatic nitrogens is 3. The summed E-state index contributed by atoms with van der Waals surface area (Å²) in [7, 11) is 1.64. The first kappa shape index (κ1) is 10.8. The molecule has 0 atom stereocenters. The van der Waals surface area contributed by atoms with E-state index in [1.807, 2.05) is 0 Å². The second-order valence-corrected chi connectivity index (χ2v) is 4.67. The lowest BCUT2D eigenvalue weighted by Crippen LogP contribution is -2.36. The van der Waals surface area contributed by atoms with E-state index in [1.54, 1.807) is 7.05 Å². The molecule has 1 fully saturated rings. The monoisotopic (exact) mass is 273 g/mol. The second-order valence-electron chi connectivity index (χ2n) is 3.92. The van der Waals surface area contributed by atoms with Crippen molar-refractivity contribution in [3.05, 3.63) is 10.3 Å². The van der Waals surface area contributed by atoms with Crippen LogP contribution in [0.15, 0.2) is 4.60 Å². The largest absolute Gasteiger partial charge is 0.382 e. The fourth-order valence-corrected chi connectivity index (χ4v) is 2.49. The fourth-order valence-electron chi connectivity index (χ4n) is 1.98. The number of rotatable bonds is 2. The van der Waals surface area contributed by atoms with Gasteiger partial charge in [0, 0.05) is 7.05 Å². The first-order chi connectivity index (χ1) is 7.04. The molecular formula is C9H12BrN3O2. The van der Waals surface area contributed by atoms with Gasteiger partial charge < -0.3 is 5.11 Å². The third kappa shape index (κ3) is 1.72. The number of aliphatic hydroxyl groups is 1. The van der Waals surface area contributed by atoms with Crippen molar-refractivity contribution in [2.24, 2.45) is 7.05 Å². The molecule has 2 rings (SSSR count). The molecule has 1 N–H and O–H groups in total. The highest BCUT2D eigenvalue weighted by molar-refractivity contribution is 9.10. The highest BCUT2D eigenvalue weighted by atomic mass is 79.9. The minimum atomic E-state index is -1.21. The smallest absolute Gasteiger partial charge is 0.215 e. The number of carbonyl (C=O) groups is 1. The van der Waals surface area contributed by atoms with Crippen LogP contribution in [0.4, 0.5) is 0 Å². The average molecular weight is 274 g/mol. The summed E-state index contributed by atoms with van der Waals surface area (Å²) in [5, 5.41) is 17.6. The normalized spacial score (nSPS) is 19.4. The maximum atomic E-state index is 12.1. The van der Waals surface area contributed by atoms with E-state index in [2.05, 4.69) is 26.2 Å². The summed E-state index contributed by atoms with van der Waals surface area (Å²) in [6.07, 6.45) is 2.85. The molecule has 0 spiro atoms. The van der Waals surface area contributed by atoms with Gasteiger partial charge in [-0.05, 0) is 41.6 Å². The highest BCUT2D eigenvalue weighted by Gasteiger charge is 2.41. The number of carbonyl (C=O) groups excluding carboxylic acids is 1. The molecule has 1 aromatic heterocycles. The van der Waals surface area contributed by atoms with Gasteiger partial charge in [0.15, 0.2) is 4.60 Å². The summed E-state index contributed by atoms with van der Waals surface area (Å²) in [6.45, 7) is 0. The maximum Gasteiger partial charge on any atom is 0.215 e. The standard InChI is InChI=1S/C9H12BrN3O2/c1-13-6(8(10)11-12-13)7(14)9(15)4-2-3-5-9/h15H,2-5H2,1H3. The van der Waals surface area contributed by atoms with Crippen LogP contribution >= 0.6 is 15.9 Å². The summed E-state index contributed by atoms with van der Waals surface area (Å²) < 4.78 is 1.79. The van der Waals surface area contributed by atoms with E-state index in [9.17, 15) is 9.90 Å². The van der Waals surface area contributed by atoms with Gasteiger partial charge in [-0.1, -0.05) is 5.21 Å². The molecule has 1 aromatic rings. The van der Waals surface area contributed by atoms with Crippen LogP contribution < -0.4 is 0 Å². The third-order valence-electron chi connectivity index (χ3n) is 2.85. The first-order valence-corrected chi connectivity index (χ1v) is 5.66. The summed E-state index contributed by atoms with van der Waals surface area (Å²) in [5.41, 5.74) is -0.864. The predicted molar refractivity (Wildman–Crippen MR) is 56.5 cm³/mol. The number of hydrogen-bond acceptors (Lipinski definition) is 4. The van der Waals surface area contributed by atoms with Gasteiger partial charge in [-0.2, -0.15) is 0 Å². The van der Waals surface area contributed by atoms with Gasteiger partial charge in [0.1, 0.15) is 11.3 Å². The van der Waals surface area contributed by atoms with Crippen LogP contribution in [-0.2, 0) is 7.05 Å². The Morgan fingerprint density at radius 3 is 2.60 bits per heavy atom. The molecule has 0 aliphatic heterocycles. The maximum absolute atomic E-state index is 12.1. The van der Waals surface area contributed by atoms with Crippen molar-refractivity contribution >= 4 is 21.7 Å². The van der Waals surface area contributed by atoms with Crippen LogP contribution in [0.5, 0.6) is 0 Å². The molecule has 0 saturated heterocycles. The number of halogens is 1. The molecule has 1 heterocycles. The van der Waals surface area contributed by atoms with Crippen molar-refractivity contribution in [3.63, 3.8) is 0 Å². The van der Waals surface area contributed by atoms with Crippen molar-refractivity contribution in [2.75, 3.05) is 0 Å². The lowest BCUT2D eigenvalue weighted by atomic mass is 9.95. The highest BCUT2D eigenvalue weighted by Crippen LogP contribution is 2.33. The minimum absolute atomic E-state index is 0.278. The van der Waals surface area contributed by atoms with Gasteiger partial charge in [0.25, 0.3) is 0 Å². The van der Waals surface area contributed by atoms with Crippen molar-refractivity contribution in [2.45, 2.75) is 31.3 Å². The fraction of sp³-hybridized carbons (Fsp3) is 0.667. The first-order valence-electron chi connectivity index (χ1n) is 4.87. The molecular weight excluding hydrogens is 262 g/mol. The van der Waals surface area contributed by atoms with Crippen molar-refractivity contribution in [3.8, 4) is 0 Å². The van der Waals surface area contributed by atoms with Gasteiger partial charge in [-0.25, -0.2) is 4.68 Å². The van der Waals surface area contributed by atoms with Crippen LogP contribution in [0.1, 0.15) is 36.2 Å². The number of hydrogen-bond donors (Lipinski definition) is 1. The van der Waals surface area contributed by atoms with E-state index in [1.165, 1.54) is 4.68 Å². The summed E-state index contributed by atoms with van der Waals surface area (Å²) in [6, 6.07) is 0. The van der Waals surface area contributed by atoms with Crippen LogP contribution in [0.25, 0.3) is 0 Å². The van der Waals surface area contributed by atoms with Crippen molar-refractivity contribution in [1.29, 1.82) is 0 Å². The molecule has 1 aliphatic rings. The number of aryl methyl sites for hydroxylation is 1. The van der Waals surface area contributed by atoms with E-state index in [4.69, 9.17) is 0 Å². The zero-order chi connectivity index (χ0) is 11.1. The Labute approximate surface area is 95.6 Å². The molecule has 1 saturated carbocycles. The zero-order valence-electron chi connectivity index (χ0n) is 8.40. The van der Waals surface area contributed by atoms with Crippen LogP contribution in [0.2, 0.25) is 0 Å². The van der Waals surface area contributed by atoms with E-state index in [0.717, 1.165) is 12.8 Å². The van der Waals surface area contributed by atoms with Gasteiger partial charge in [-0.3, -0.25) is 4.79 Å². The van der Waals surface area contributed by atoms with E-state index >= 15 is 0 Å². The van der Waals surface area contributed by atoms with Crippen LogP contribution in [0.3, 0.4) is 0 Å². The average Bonchev–Trinajstić information content (AvgIpc) is 2.75. The second kappa shape index (κ2) is 3.68. The molecule has 6 heteroatoms. The summed E-state index contributed by atoms with van der Waals surface area (Å²) >= 11 is 3.16. The molecule has 0 unspecified atom stereocenters. The molecule has 0 bridgehead atoms. The molecule has 1 aliphatic carbocycles. The van der Waals surface area contributed by atoms with Crippen LogP contribution in [-0.4, -0.2) is 31.5 Å². The minimum Gasteiger partial charge on any atom is -0.382 e. The lowest BCUT2D eigenvalue weighted by Gasteiger charge is -2.19. The Morgan fingerprint density at radius 2 is 2.13 bits per heavy atom. The summed E-state index contributed by atoms with van der Waals surface area (Å²) in [5.74, 6) is -0.278. The SMILES string of the molecule is Cn1nnc(Br)c1C(=O)C1(O)CCCC1. The number of ketones is 1. The van der Waals surface area contributed by atoms with Crippen molar-refractivity contribution in [1.82, 2.24) is 15.0 Å². The quantitative estimate of drug-likeness (QED) is 0.819. The van der Waals surface area contributed by atoms with Crippen LogP contribution in [0, 0.1) is 0 Å². The molecule has 82 valence electrons. The molecule has 0 radical (unpaired) electrons. The molecule has 5 nitrogen and oxygen atoms in total. The Hall–Kier alpha value is -0.750. The van der Waals surface area contributed by atoms with Gasteiger partial charge >= 0.3 is 0 Å². The van der Waals surface area contributed by atoms with Crippen molar-refractivity contribution < 1.29 is 9.90 Å². The Bertz CT molecular complexity index is 377. The van der Waals surface area contributed by atoms with E-state index in [-0.39, 0.29) is 5.78 Å². The lowest BCUT2D eigenvalue weighted by molar-refractivity contribution is 0.0342. The Balaban J connectivity index is 2.35. The van der Waals surface area contributed by atoms with E-state index < -0.39 is 5.60 Å². The number of Topliss-reactive ketones (excluding diaryl/α,β-unsaturated/α-hetero) is 1. The topological polar surface area (TPSA) is 68.0 Å². The zero-order valence-corrected chi connectivity index (χ0v) is 9.99. The molecule has 15 heavy (non-hydrogen) atoms. The Morgan fingerprint density at radius 1 is 1.53 bits per heavy atom. The third-order valence-corrected chi connectivity index (χ3v) is 3.39. The number of nitrogens with zero attached hydrogens (tertiary/aromatic N) is 3. The Kier molecular flexibility index (Phi) is 2.64. The van der Waals surface area contributed by atoms with Gasteiger partial charge in [0.05, 0.1) is 0 Å². The predicted octanol–water partition coefficient (Wildman–Crippen LogP) is 1.07. The van der Waals surface area contributed by atoms with Gasteiger partial charge in [0.2, 0.25) is 5.78 Å². The molecule has 0 aromatic carbocycles. The summed E-state index contributed by atoms with van der Waals surface area (Å²) in [4.78, 5) is 12.1. The van der Waals surface area contributed by atoms with Gasteiger partial charge in [-0.15, -0.1) is 5.10 Å². The molecule has 0 amide bonds.